The minimum absolute atomic E-state index is 0.473. The standard InChI is InChI=1S/C13H18BrNO/c1-16-13-6-8-15(9-7-13)10-11-2-4-12(14)5-3-11/h2-5,13H,6-10H2,1H3. The fraction of sp³-hybridized carbons (Fsp3) is 0.538. The molecule has 1 aromatic carbocycles. The van der Waals surface area contributed by atoms with Gasteiger partial charge in [-0.15, -0.1) is 0 Å². The summed E-state index contributed by atoms with van der Waals surface area (Å²) in [6.45, 7) is 3.35. The van der Waals surface area contributed by atoms with Gasteiger partial charge in [0.05, 0.1) is 6.10 Å². The number of likely N-dealkylation sites (tertiary alicyclic amines) is 1. The van der Waals surface area contributed by atoms with Gasteiger partial charge in [0, 0.05) is 31.2 Å². The van der Waals surface area contributed by atoms with Gasteiger partial charge in [0.15, 0.2) is 0 Å². The van der Waals surface area contributed by atoms with Crippen molar-refractivity contribution in [1.29, 1.82) is 0 Å². The molecule has 1 aliphatic rings. The molecule has 0 radical (unpaired) electrons. The number of benzene rings is 1. The van der Waals surface area contributed by atoms with Crippen molar-refractivity contribution in [3.05, 3.63) is 34.3 Å². The predicted octanol–water partition coefficient (Wildman–Crippen LogP) is 3.06. The Bertz CT molecular complexity index is 317. The molecule has 0 N–H and O–H groups in total. The Morgan fingerprint density at radius 3 is 2.44 bits per heavy atom. The molecule has 0 unspecified atom stereocenters. The highest BCUT2D eigenvalue weighted by molar-refractivity contribution is 9.10. The lowest BCUT2D eigenvalue weighted by Crippen LogP contribution is -2.36. The van der Waals surface area contributed by atoms with Crippen LogP contribution in [-0.4, -0.2) is 31.2 Å². The second kappa shape index (κ2) is 5.80. The third kappa shape index (κ3) is 3.30. The molecule has 0 aromatic heterocycles. The predicted molar refractivity (Wildman–Crippen MR) is 69.5 cm³/mol. The van der Waals surface area contributed by atoms with Crippen molar-refractivity contribution in [2.45, 2.75) is 25.5 Å². The zero-order valence-corrected chi connectivity index (χ0v) is 11.2. The van der Waals surface area contributed by atoms with E-state index in [1.54, 1.807) is 0 Å². The molecule has 16 heavy (non-hydrogen) atoms. The lowest BCUT2D eigenvalue weighted by Gasteiger charge is -2.31. The van der Waals surface area contributed by atoms with Crippen molar-refractivity contribution in [2.75, 3.05) is 20.2 Å². The van der Waals surface area contributed by atoms with E-state index in [4.69, 9.17) is 4.74 Å². The second-order valence-electron chi connectivity index (χ2n) is 4.34. The molecular formula is C13H18BrNO. The first-order valence-corrected chi connectivity index (χ1v) is 6.57. The van der Waals surface area contributed by atoms with Crippen molar-refractivity contribution < 1.29 is 4.74 Å². The van der Waals surface area contributed by atoms with Crippen molar-refractivity contribution in [3.63, 3.8) is 0 Å². The van der Waals surface area contributed by atoms with Crippen LogP contribution >= 0.6 is 15.9 Å². The minimum Gasteiger partial charge on any atom is -0.381 e. The molecular weight excluding hydrogens is 266 g/mol. The van der Waals surface area contributed by atoms with Crippen LogP contribution in [0.3, 0.4) is 0 Å². The molecule has 1 saturated heterocycles. The lowest BCUT2D eigenvalue weighted by molar-refractivity contribution is 0.0388. The average Bonchev–Trinajstić information content (AvgIpc) is 2.33. The zero-order chi connectivity index (χ0) is 11.4. The highest BCUT2D eigenvalue weighted by Gasteiger charge is 2.18. The number of nitrogens with zero attached hydrogens (tertiary/aromatic N) is 1. The fourth-order valence-electron chi connectivity index (χ4n) is 2.15. The van der Waals surface area contributed by atoms with Gasteiger partial charge in [0.1, 0.15) is 0 Å². The van der Waals surface area contributed by atoms with E-state index in [9.17, 15) is 0 Å². The number of rotatable bonds is 3. The van der Waals surface area contributed by atoms with Gasteiger partial charge in [0.2, 0.25) is 0 Å². The van der Waals surface area contributed by atoms with Crippen molar-refractivity contribution in [3.8, 4) is 0 Å². The molecule has 0 spiro atoms. The Labute approximate surface area is 106 Å². The molecule has 1 fully saturated rings. The zero-order valence-electron chi connectivity index (χ0n) is 9.66. The molecule has 2 nitrogen and oxygen atoms in total. The highest BCUT2D eigenvalue weighted by atomic mass is 79.9. The second-order valence-corrected chi connectivity index (χ2v) is 5.25. The molecule has 0 aliphatic carbocycles. The van der Waals surface area contributed by atoms with Crippen LogP contribution < -0.4 is 0 Å². The van der Waals surface area contributed by atoms with Gasteiger partial charge in [0.25, 0.3) is 0 Å². The SMILES string of the molecule is COC1CCN(Cc2ccc(Br)cc2)CC1. The third-order valence-corrected chi connectivity index (χ3v) is 3.72. The van der Waals surface area contributed by atoms with Crippen LogP contribution in [-0.2, 0) is 11.3 Å². The van der Waals surface area contributed by atoms with Gasteiger partial charge in [-0.1, -0.05) is 28.1 Å². The number of hydrogen-bond donors (Lipinski definition) is 0. The van der Waals surface area contributed by atoms with Gasteiger partial charge in [-0.25, -0.2) is 0 Å². The number of piperidine rings is 1. The fourth-order valence-corrected chi connectivity index (χ4v) is 2.42. The highest BCUT2D eigenvalue weighted by Crippen LogP contribution is 2.17. The van der Waals surface area contributed by atoms with E-state index in [0.717, 1.165) is 36.9 Å². The van der Waals surface area contributed by atoms with E-state index in [1.165, 1.54) is 5.56 Å². The van der Waals surface area contributed by atoms with Gasteiger partial charge in [-0.05, 0) is 30.5 Å². The number of ether oxygens (including phenoxy) is 1. The van der Waals surface area contributed by atoms with Gasteiger partial charge in [-0.2, -0.15) is 0 Å². The average molecular weight is 284 g/mol. The van der Waals surface area contributed by atoms with Crippen LogP contribution in [0, 0.1) is 0 Å². The summed E-state index contributed by atoms with van der Waals surface area (Å²) in [7, 11) is 1.81. The molecule has 0 atom stereocenters. The van der Waals surface area contributed by atoms with E-state index >= 15 is 0 Å². The molecule has 0 amide bonds. The smallest absolute Gasteiger partial charge is 0.0595 e. The molecule has 88 valence electrons. The van der Waals surface area contributed by atoms with Crippen LogP contribution in [0.2, 0.25) is 0 Å². The normalized spacial score (nSPS) is 18.9. The number of hydrogen-bond acceptors (Lipinski definition) is 2. The van der Waals surface area contributed by atoms with Crippen molar-refractivity contribution in [2.24, 2.45) is 0 Å². The molecule has 1 aliphatic heterocycles. The number of halogens is 1. The monoisotopic (exact) mass is 283 g/mol. The maximum Gasteiger partial charge on any atom is 0.0595 e. The van der Waals surface area contributed by atoms with Gasteiger partial charge in [-0.3, -0.25) is 4.90 Å². The quantitative estimate of drug-likeness (QED) is 0.846. The summed E-state index contributed by atoms with van der Waals surface area (Å²) in [5.74, 6) is 0. The molecule has 3 heteroatoms. The number of methoxy groups -OCH3 is 1. The Balaban J connectivity index is 1.84. The Kier molecular flexibility index (Phi) is 4.38. The first-order valence-electron chi connectivity index (χ1n) is 5.77. The van der Waals surface area contributed by atoms with E-state index in [0.29, 0.717) is 6.10 Å². The van der Waals surface area contributed by atoms with Crippen LogP contribution in [0.15, 0.2) is 28.7 Å². The van der Waals surface area contributed by atoms with Crippen LogP contribution in [0.5, 0.6) is 0 Å². The van der Waals surface area contributed by atoms with Crippen LogP contribution in [0.1, 0.15) is 18.4 Å². The Morgan fingerprint density at radius 2 is 1.88 bits per heavy atom. The summed E-state index contributed by atoms with van der Waals surface area (Å²) in [5, 5.41) is 0. The first-order chi connectivity index (χ1) is 7.78. The third-order valence-electron chi connectivity index (χ3n) is 3.19. The van der Waals surface area contributed by atoms with Crippen LogP contribution in [0.4, 0.5) is 0 Å². The molecule has 2 rings (SSSR count). The molecule has 1 heterocycles. The topological polar surface area (TPSA) is 12.5 Å². The summed E-state index contributed by atoms with van der Waals surface area (Å²) in [6, 6.07) is 8.59. The minimum atomic E-state index is 0.473. The van der Waals surface area contributed by atoms with Crippen molar-refractivity contribution >= 4 is 15.9 Å². The van der Waals surface area contributed by atoms with E-state index in [-0.39, 0.29) is 0 Å². The van der Waals surface area contributed by atoms with Crippen molar-refractivity contribution in [1.82, 2.24) is 4.90 Å². The van der Waals surface area contributed by atoms with Crippen LogP contribution in [0.25, 0.3) is 0 Å². The van der Waals surface area contributed by atoms with E-state index in [2.05, 4.69) is 45.1 Å². The lowest BCUT2D eigenvalue weighted by atomic mass is 10.1. The van der Waals surface area contributed by atoms with E-state index in [1.807, 2.05) is 7.11 Å². The van der Waals surface area contributed by atoms with E-state index < -0.39 is 0 Å². The largest absolute Gasteiger partial charge is 0.381 e. The summed E-state index contributed by atoms with van der Waals surface area (Å²) in [5.41, 5.74) is 1.39. The summed E-state index contributed by atoms with van der Waals surface area (Å²) in [4.78, 5) is 2.50. The summed E-state index contributed by atoms with van der Waals surface area (Å²) >= 11 is 3.46. The summed E-state index contributed by atoms with van der Waals surface area (Å²) in [6.07, 6.45) is 2.79. The molecule has 0 bridgehead atoms. The maximum atomic E-state index is 5.37. The van der Waals surface area contributed by atoms with Gasteiger partial charge < -0.3 is 4.74 Å². The van der Waals surface area contributed by atoms with Gasteiger partial charge >= 0.3 is 0 Å². The summed E-state index contributed by atoms with van der Waals surface area (Å²) < 4.78 is 6.52. The Morgan fingerprint density at radius 1 is 1.25 bits per heavy atom. The molecule has 1 aromatic rings. The Hall–Kier alpha value is -0.380. The first kappa shape index (κ1) is 12.1. The molecule has 0 saturated carbocycles. The maximum absolute atomic E-state index is 5.37.